The third-order valence-electron chi connectivity index (χ3n) is 2.96. The number of hydrogen-bond donors (Lipinski definition) is 2. The number of carbonyl (C=O) groups is 2. The standard InChI is InChI=1S/C14H20N2O4/c1-9(2)16(6-4-5-13(18)19)14(20)11-8-15-10(3)7-12(11)17/h7-9H,4-6H2,1-3H3,(H,15,17)(H,18,19). The molecule has 1 heterocycles. The van der Waals surface area contributed by atoms with E-state index in [1.165, 1.54) is 17.2 Å². The van der Waals surface area contributed by atoms with Gasteiger partial charge in [-0.2, -0.15) is 0 Å². The molecular formula is C14H20N2O4. The lowest BCUT2D eigenvalue weighted by atomic mass is 10.1. The molecule has 110 valence electrons. The lowest BCUT2D eigenvalue weighted by Gasteiger charge is -2.26. The summed E-state index contributed by atoms with van der Waals surface area (Å²) in [5.74, 6) is -1.26. The highest BCUT2D eigenvalue weighted by Gasteiger charge is 2.21. The number of nitrogens with one attached hydrogen (secondary N) is 1. The van der Waals surface area contributed by atoms with Gasteiger partial charge in [0.2, 0.25) is 0 Å². The SMILES string of the molecule is Cc1cc(=O)c(C(=O)N(CCCC(=O)O)C(C)C)c[nH]1. The fourth-order valence-electron chi connectivity index (χ4n) is 1.89. The number of carboxylic acids is 1. The third kappa shape index (κ3) is 4.22. The number of aryl methyl sites for hydroxylation is 1. The van der Waals surface area contributed by atoms with Crippen molar-refractivity contribution in [2.24, 2.45) is 0 Å². The van der Waals surface area contributed by atoms with E-state index in [0.29, 0.717) is 18.7 Å². The van der Waals surface area contributed by atoms with E-state index in [4.69, 9.17) is 5.11 Å². The number of carbonyl (C=O) groups excluding carboxylic acids is 1. The van der Waals surface area contributed by atoms with Crippen LogP contribution in [-0.4, -0.2) is 39.5 Å². The number of hydrogen-bond acceptors (Lipinski definition) is 3. The summed E-state index contributed by atoms with van der Waals surface area (Å²) in [7, 11) is 0. The zero-order valence-corrected chi connectivity index (χ0v) is 12.0. The van der Waals surface area contributed by atoms with Crippen molar-refractivity contribution in [3.63, 3.8) is 0 Å². The number of aromatic amines is 1. The Kier molecular flexibility index (Phi) is 5.49. The molecule has 0 bridgehead atoms. The Morgan fingerprint density at radius 1 is 1.40 bits per heavy atom. The highest BCUT2D eigenvalue weighted by molar-refractivity contribution is 5.94. The molecule has 0 aliphatic rings. The second-order valence-electron chi connectivity index (χ2n) is 4.98. The minimum absolute atomic E-state index is 0.000749. The Hall–Kier alpha value is -2.11. The van der Waals surface area contributed by atoms with Gasteiger partial charge in [0.25, 0.3) is 5.91 Å². The predicted octanol–water partition coefficient (Wildman–Crippen LogP) is 1.40. The fourth-order valence-corrected chi connectivity index (χ4v) is 1.89. The average Bonchev–Trinajstić information content (AvgIpc) is 2.33. The molecule has 6 nitrogen and oxygen atoms in total. The Morgan fingerprint density at radius 3 is 2.55 bits per heavy atom. The van der Waals surface area contributed by atoms with Crippen molar-refractivity contribution in [2.45, 2.75) is 39.7 Å². The molecule has 1 amide bonds. The Morgan fingerprint density at radius 2 is 2.05 bits per heavy atom. The number of nitrogens with zero attached hydrogens (tertiary/aromatic N) is 1. The maximum absolute atomic E-state index is 12.4. The minimum Gasteiger partial charge on any atom is -0.481 e. The smallest absolute Gasteiger partial charge is 0.303 e. The van der Waals surface area contributed by atoms with Crippen molar-refractivity contribution in [1.29, 1.82) is 0 Å². The molecule has 0 saturated carbocycles. The summed E-state index contributed by atoms with van der Waals surface area (Å²) in [6, 6.07) is 1.28. The van der Waals surface area contributed by atoms with E-state index in [0.717, 1.165) is 0 Å². The number of carboxylic acid groups (broad SMARTS) is 1. The topological polar surface area (TPSA) is 90.5 Å². The monoisotopic (exact) mass is 280 g/mol. The minimum atomic E-state index is -0.894. The fraction of sp³-hybridized carbons (Fsp3) is 0.500. The first kappa shape index (κ1) is 15.9. The van der Waals surface area contributed by atoms with Gasteiger partial charge in [-0.3, -0.25) is 14.4 Å². The molecular weight excluding hydrogens is 260 g/mol. The summed E-state index contributed by atoms with van der Waals surface area (Å²) in [4.78, 5) is 39.1. The van der Waals surface area contributed by atoms with Crippen LogP contribution >= 0.6 is 0 Å². The molecule has 0 saturated heterocycles. The molecule has 0 aromatic carbocycles. The summed E-state index contributed by atoms with van der Waals surface area (Å²) >= 11 is 0. The van der Waals surface area contributed by atoms with Gasteiger partial charge in [0.1, 0.15) is 5.56 Å². The van der Waals surface area contributed by atoms with Crippen molar-refractivity contribution < 1.29 is 14.7 Å². The van der Waals surface area contributed by atoms with E-state index in [1.54, 1.807) is 6.92 Å². The van der Waals surface area contributed by atoms with E-state index in [-0.39, 0.29) is 29.4 Å². The zero-order valence-electron chi connectivity index (χ0n) is 12.0. The molecule has 0 aliphatic carbocycles. The van der Waals surface area contributed by atoms with Crippen LogP contribution in [0.25, 0.3) is 0 Å². The largest absolute Gasteiger partial charge is 0.481 e. The van der Waals surface area contributed by atoms with Crippen LogP contribution in [0.15, 0.2) is 17.1 Å². The Balaban J connectivity index is 2.88. The highest BCUT2D eigenvalue weighted by Crippen LogP contribution is 2.07. The number of aromatic nitrogens is 1. The van der Waals surface area contributed by atoms with E-state index in [9.17, 15) is 14.4 Å². The molecule has 6 heteroatoms. The first-order valence-electron chi connectivity index (χ1n) is 6.55. The molecule has 0 spiro atoms. The van der Waals surface area contributed by atoms with Crippen molar-refractivity contribution >= 4 is 11.9 Å². The van der Waals surface area contributed by atoms with Crippen LogP contribution in [0.1, 0.15) is 42.7 Å². The van der Waals surface area contributed by atoms with Crippen LogP contribution in [0.5, 0.6) is 0 Å². The van der Waals surface area contributed by atoms with Crippen LogP contribution in [-0.2, 0) is 4.79 Å². The molecule has 1 aromatic rings. The van der Waals surface area contributed by atoms with Gasteiger partial charge in [0.05, 0.1) is 0 Å². The van der Waals surface area contributed by atoms with Gasteiger partial charge >= 0.3 is 5.97 Å². The number of aliphatic carboxylic acids is 1. The summed E-state index contributed by atoms with van der Waals surface area (Å²) in [5, 5.41) is 8.64. The molecule has 0 radical (unpaired) electrons. The van der Waals surface area contributed by atoms with Crippen LogP contribution in [0, 0.1) is 6.92 Å². The number of amides is 1. The van der Waals surface area contributed by atoms with E-state index < -0.39 is 5.97 Å². The summed E-state index contributed by atoms with van der Waals surface area (Å²) < 4.78 is 0. The van der Waals surface area contributed by atoms with E-state index >= 15 is 0 Å². The quantitative estimate of drug-likeness (QED) is 0.824. The third-order valence-corrected chi connectivity index (χ3v) is 2.96. The summed E-state index contributed by atoms with van der Waals surface area (Å²) in [6.07, 6.45) is 1.77. The molecule has 20 heavy (non-hydrogen) atoms. The number of H-pyrrole nitrogens is 1. The van der Waals surface area contributed by atoms with E-state index in [2.05, 4.69) is 4.98 Å². The molecule has 1 rings (SSSR count). The Bertz CT molecular complexity index is 548. The van der Waals surface area contributed by atoms with Gasteiger partial charge in [-0.05, 0) is 27.2 Å². The first-order valence-corrected chi connectivity index (χ1v) is 6.55. The zero-order chi connectivity index (χ0) is 15.3. The van der Waals surface area contributed by atoms with Crippen LogP contribution in [0.4, 0.5) is 0 Å². The second-order valence-corrected chi connectivity index (χ2v) is 4.98. The van der Waals surface area contributed by atoms with Gasteiger partial charge < -0.3 is 15.0 Å². The van der Waals surface area contributed by atoms with Crippen molar-refractivity contribution in [1.82, 2.24) is 9.88 Å². The van der Waals surface area contributed by atoms with Gasteiger partial charge in [0, 0.05) is 37.0 Å². The predicted molar refractivity (Wildman–Crippen MR) is 74.8 cm³/mol. The molecule has 1 aromatic heterocycles. The molecule has 0 unspecified atom stereocenters. The normalized spacial score (nSPS) is 10.6. The number of pyridine rings is 1. The van der Waals surface area contributed by atoms with Gasteiger partial charge in [0.15, 0.2) is 5.43 Å². The number of rotatable bonds is 6. The molecule has 0 atom stereocenters. The second kappa shape index (κ2) is 6.88. The van der Waals surface area contributed by atoms with Gasteiger partial charge in [-0.25, -0.2) is 0 Å². The van der Waals surface area contributed by atoms with Gasteiger partial charge in [-0.1, -0.05) is 0 Å². The maximum atomic E-state index is 12.4. The summed E-state index contributed by atoms with van der Waals surface area (Å²) in [6.45, 7) is 5.72. The first-order chi connectivity index (χ1) is 9.32. The molecule has 0 aliphatic heterocycles. The van der Waals surface area contributed by atoms with Crippen molar-refractivity contribution in [3.05, 3.63) is 33.7 Å². The Labute approximate surface area is 117 Å². The lowest BCUT2D eigenvalue weighted by molar-refractivity contribution is -0.137. The van der Waals surface area contributed by atoms with Crippen LogP contribution in [0.2, 0.25) is 0 Å². The highest BCUT2D eigenvalue weighted by atomic mass is 16.4. The van der Waals surface area contributed by atoms with Crippen LogP contribution < -0.4 is 5.43 Å². The van der Waals surface area contributed by atoms with E-state index in [1.807, 2.05) is 13.8 Å². The lowest BCUT2D eigenvalue weighted by Crippen LogP contribution is -2.40. The van der Waals surface area contributed by atoms with Crippen molar-refractivity contribution in [3.8, 4) is 0 Å². The molecule has 2 N–H and O–H groups in total. The maximum Gasteiger partial charge on any atom is 0.303 e. The van der Waals surface area contributed by atoms with Crippen LogP contribution in [0.3, 0.4) is 0 Å². The summed E-state index contributed by atoms with van der Waals surface area (Å²) in [5.41, 5.74) is 0.447. The molecule has 0 fully saturated rings. The average molecular weight is 280 g/mol. The van der Waals surface area contributed by atoms with Crippen molar-refractivity contribution in [2.75, 3.05) is 6.54 Å². The van der Waals surface area contributed by atoms with Gasteiger partial charge in [-0.15, -0.1) is 0 Å².